The van der Waals surface area contributed by atoms with Crippen LogP contribution in [0, 0.1) is 5.92 Å². The third kappa shape index (κ3) is 5.36. The number of likely N-dealkylation sites (tertiary alicyclic amines) is 1. The molecule has 0 aromatic rings. The van der Waals surface area contributed by atoms with E-state index in [1.807, 2.05) is 6.92 Å². The number of ether oxygens (including phenoxy) is 1. The van der Waals surface area contributed by atoms with Gasteiger partial charge in [-0.15, -0.1) is 0 Å². The van der Waals surface area contributed by atoms with Crippen LogP contribution < -0.4 is 5.32 Å². The Bertz CT molecular complexity index is 320. The maximum atomic E-state index is 12.1. The number of rotatable bonds is 7. The minimum Gasteiger partial charge on any atom is -0.480 e. The second kappa shape index (κ2) is 8.79. The van der Waals surface area contributed by atoms with Gasteiger partial charge in [-0.05, 0) is 19.3 Å². The Morgan fingerprint density at radius 3 is 2.85 bits per heavy atom. The van der Waals surface area contributed by atoms with Gasteiger partial charge in [0.15, 0.2) is 0 Å². The summed E-state index contributed by atoms with van der Waals surface area (Å²) in [5.41, 5.74) is 0. The van der Waals surface area contributed by atoms with Crippen molar-refractivity contribution >= 4 is 12.0 Å². The predicted octanol–water partition coefficient (Wildman–Crippen LogP) is 1.70. The molecule has 1 heterocycles. The maximum absolute atomic E-state index is 12.1. The molecule has 116 valence electrons. The summed E-state index contributed by atoms with van der Waals surface area (Å²) in [4.78, 5) is 25.0. The molecule has 6 heteroatoms. The van der Waals surface area contributed by atoms with E-state index in [1.54, 1.807) is 12.0 Å². The van der Waals surface area contributed by atoms with E-state index in [4.69, 9.17) is 9.84 Å². The number of aliphatic carboxylic acids is 1. The zero-order valence-electron chi connectivity index (χ0n) is 12.4. The minimum atomic E-state index is -0.961. The topological polar surface area (TPSA) is 78.9 Å². The van der Waals surface area contributed by atoms with Gasteiger partial charge in [-0.25, -0.2) is 9.59 Å². The standard InChI is InChI=1S/C14H26N2O4/c1-3-4-7-12(13(17)18)15-14(19)16-8-5-6-11(9-16)10-20-2/h11-12H,3-10H2,1-2H3,(H,15,19)(H,17,18). The quantitative estimate of drug-likeness (QED) is 0.746. The molecule has 0 aliphatic carbocycles. The molecule has 1 fully saturated rings. The molecule has 2 unspecified atom stereocenters. The molecular formula is C14H26N2O4. The predicted molar refractivity (Wildman–Crippen MR) is 75.7 cm³/mol. The lowest BCUT2D eigenvalue weighted by molar-refractivity contribution is -0.139. The van der Waals surface area contributed by atoms with Gasteiger partial charge in [0.1, 0.15) is 6.04 Å². The van der Waals surface area contributed by atoms with E-state index in [9.17, 15) is 9.59 Å². The number of hydrogen-bond acceptors (Lipinski definition) is 3. The Hall–Kier alpha value is -1.30. The highest BCUT2D eigenvalue weighted by Gasteiger charge is 2.26. The van der Waals surface area contributed by atoms with Crippen molar-refractivity contribution in [1.82, 2.24) is 10.2 Å². The van der Waals surface area contributed by atoms with Crippen LogP contribution in [0.1, 0.15) is 39.0 Å². The first kappa shape index (κ1) is 16.8. The number of methoxy groups -OCH3 is 1. The number of hydrogen-bond donors (Lipinski definition) is 2. The third-order valence-electron chi connectivity index (χ3n) is 3.65. The second-order valence-corrected chi connectivity index (χ2v) is 5.39. The average Bonchev–Trinajstić information content (AvgIpc) is 2.43. The summed E-state index contributed by atoms with van der Waals surface area (Å²) in [5, 5.41) is 11.8. The largest absolute Gasteiger partial charge is 0.480 e. The first-order chi connectivity index (χ1) is 9.58. The van der Waals surface area contributed by atoms with Crippen LogP contribution in [0.4, 0.5) is 4.79 Å². The SMILES string of the molecule is CCCCC(NC(=O)N1CCCC(COC)C1)C(=O)O. The summed E-state index contributed by atoms with van der Waals surface area (Å²) in [7, 11) is 1.66. The van der Waals surface area contributed by atoms with Crippen LogP contribution >= 0.6 is 0 Å². The van der Waals surface area contributed by atoms with Crippen LogP contribution in [0.3, 0.4) is 0 Å². The number of urea groups is 1. The molecule has 2 amide bonds. The molecule has 2 atom stereocenters. The number of carbonyl (C=O) groups excluding carboxylic acids is 1. The van der Waals surface area contributed by atoms with E-state index in [2.05, 4.69) is 5.32 Å². The van der Waals surface area contributed by atoms with Gasteiger partial charge in [0, 0.05) is 26.1 Å². The van der Waals surface area contributed by atoms with Crippen molar-refractivity contribution in [3.05, 3.63) is 0 Å². The van der Waals surface area contributed by atoms with Crippen LogP contribution in [0.2, 0.25) is 0 Å². The second-order valence-electron chi connectivity index (χ2n) is 5.39. The Labute approximate surface area is 120 Å². The van der Waals surface area contributed by atoms with Gasteiger partial charge in [-0.2, -0.15) is 0 Å². The molecule has 2 N–H and O–H groups in total. The van der Waals surface area contributed by atoms with Crippen LogP contribution in [-0.4, -0.2) is 54.9 Å². The third-order valence-corrected chi connectivity index (χ3v) is 3.65. The lowest BCUT2D eigenvalue weighted by atomic mass is 9.99. The van der Waals surface area contributed by atoms with Crippen LogP contribution in [0.15, 0.2) is 0 Å². The van der Waals surface area contributed by atoms with E-state index in [1.165, 1.54) is 0 Å². The van der Waals surface area contributed by atoms with E-state index in [0.29, 0.717) is 32.0 Å². The molecule has 0 saturated carbocycles. The smallest absolute Gasteiger partial charge is 0.326 e. The first-order valence-corrected chi connectivity index (χ1v) is 7.35. The van der Waals surface area contributed by atoms with E-state index in [0.717, 1.165) is 25.7 Å². The summed E-state index contributed by atoms with van der Waals surface area (Å²) < 4.78 is 5.13. The molecule has 0 aromatic carbocycles. The number of nitrogens with zero attached hydrogens (tertiary/aromatic N) is 1. The Kier molecular flexibility index (Phi) is 7.36. The molecule has 0 aromatic heterocycles. The molecule has 0 radical (unpaired) electrons. The average molecular weight is 286 g/mol. The molecule has 1 saturated heterocycles. The maximum Gasteiger partial charge on any atom is 0.326 e. The molecule has 1 aliphatic heterocycles. The van der Waals surface area contributed by atoms with E-state index < -0.39 is 12.0 Å². The first-order valence-electron chi connectivity index (χ1n) is 7.35. The van der Waals surface area contributed by atoms with Gasteiger partial charge in [-0.3, -0.25) is 0 Å². The fourth-order valence-corrected chi connectivity index (χ4v) is 2.53. The summed E-state index contributed by atoms with van der Waals surface area (Å²) in [5.74, 6) is -0.615. The van der Waals surface area contributed by atoms with Gasteiger partial charge >= 0.3 is 12.0 Å². The van der Waals surface area contributed by atoms with Crippen molar-refractivity contribution in [2.45, 2.75) is 45.1 Å². The van der Waals surface area contributed by atoms with Gasteiger partial charge in [0.05, 0.1) is 6.61 Å². The highest BCUT2D eigenvalue weighted by atomic mass is 16.5. The highest BCUT2D eigenvalue weighted by molar-refractivity contribution is 5.82. The Morgan fingerprint density at radius 2 is 2.25 bits per heavy atom. The summed E-state index contributed by atoms with van der Waals surface area (Å²) in [6.07, 6.45) is 4.18. The number of amides is 2. The number of carboxylic acids is 1. The van der Waals surface area contributed by atoms with Crippen LogP contribution in [-0.2, 0) is 9.53 Å². The van der Waals surface area contributed by atoms with E-state index in [-0.39, 0.29) is 6.03 Å². The number of carboxylic acid groups (broad SMARTS) is 1. The van der Waals surface area contributed by atoms with Crippen molar-refractivity contribution in [2.75, 3.05) is 26.8 Å². The van der Waals surface area contributed by atoms with Gasteiger partial charge < -0.3 is 20.1 Å². The highest BCUT2D eigenvalue weighted by Crippen LogP contribution is 2.17. The minimum absolute atomic E-state index is 0.269. The lowest BCUT2D eigenvalue weighted by Crippen LogP contribution is -2.51. The van der Waals surface area contributed by atoms with Crippen molar-refractivity contribution in [2.24, 2.45) is 5.92 Å². The Balaban J connectivity index is 2.48. The molecule has 6 nitrogen and oxygen atoms in total. The van der Waals surface area contributed by atoms with Crippen molar-refractivity contribution in [3.63, 3.8) is 0 Å². The zero-order chi connectivity index (χ0) is 15.0. The normalized spacial score (nSPS) is 20.5. The molecule has 1 rings (SSSR count). The van der Waals surface area contributed by atoms with Crippen molar-refractivity contribution < 1.29 is 19.4 Å². The molecule has 0 bridgehead atoms. The fourth-order valence-electron chi connectivity index (χ4n) is 2.53. The number of nitrogens with one attached hydrogen (secondary N) is 1. The molecule has 1 aliphatic rings. The monoisotopic (exact) mass is 286 g/mol. The van der Waals surface area contributed by atoms with Crippen molar-refractivity contribution in [1.29, 1.82) is 0 Å². The fraction of sp³-hybridized carbons (Fsp3) is 0.857. The molecular weight excluding hydrogens is 260 g/mol. The zero-order valence-corrected chi connectivity index (χ0v) is 12.4. The van der Waals surface area contributed by atoms with Crippen LogP contribution in [0.25, 0.3) is 0 Å². The molecule has 20 heavy (non-hydrogen) atoms. The van der Waals surface area contributed by atoms with E-state index >= 15 is 0 Å². The summed E-state index contributed by atoms with van der Waals surface area (Å²) >= 11 is 0. The number of piperidine rings is 1. The van der Waals surface area contributed by atoms with Gasteiger partial charge in [-0.1, -0.05) is 19.8 Å². The number of unbranched alkanes of at least 4 members (excludes halogenated alkanes) is 1. The van der Waals surface area contributed by atoms with Gasteiger partial charge in [0.25, 0.3) is 0 Å². The molecule has 0 spiro atoms. The van der Waals surface area contributed by atoms with Crippen LogP contribution in [0.5, 0.6) is 0 Å². The number of carbonyl (C=O) groups is 2. The van der Waals surface area contributed by atoms with Crippen molar-refractivity contribution in [3.8, 4) is 0 Å². The summed E-state index contributed by atoms with van der Waals surface area (Å²) in [6.45, 7) is 3.97. The summed E-state index contributed by atoms with van der Waals surface area (Å²) in [6, 6.07) is -1.06. The lowest BCUT2D eigenvalue weighted by Gasteiger charge is -2.33. The Morgan fingerprint density at radius 1 is 1.50 bits per heavy atom. The van der Waals surface area contributed by atoms with Gasteiger partial charge in [0.2, 0.25) is 0 Å².